The molecule has 1 aliphatic carbocycles. The van der Waals surface area contributed by atoms with Crippen LogP contribution in [-0.2, 0) is 0 Å². The van der Waals surface area contributed by atoms with Crippen molar-refractivity contribution in [2.24, 2.45) is 11.8 Å². The second-order valence-corrected chi connectivity index (χ2v) is 4.43. The minimum Gasteiger partial charge on any atom is -0.380 e. The summed E-state index contributed by atoms with van der Waals surface area (Å²) in [6.45, 7) is 2.05. The van der Waals surface area contributed by atoms with Gasteiger partial charge in [-0.15, -0.1) is 0 Å². The van der Waals surface area contributed by atoms with Crippen molar-refractivity contribution in [2.75, 3.05) is 18.4 Å². The molecule has 1 aliphatic heterocycles. The average molecular weight is 217 g/mol. The Bertz CT molecular complexity index is 456. The topological polar surface area (TPSA) is 47.9 Å². The lowest BCUT2D eigenvalue weighted by Gasteiger charge is -2.10. The van der Waals surface area contributed by atoms with Crippen molar-refractivity contribution in [3.05, 3.63) is 29.6 Å². The van der Waals surface area contributed by atoms with Crippen LogP contribution in [0.4, 0.5) is 10.1 Å². The smallest absolute Gasteiger partial charge is 0.143 e. The molecule has 0 aromatic heterocycles. The molecule has 0 spiro atoms. The molecule has 1 saturated carbocycles. The third-order valence-electron chi connectivity index (χ3n) is 3.54. The highest BCUT2D eigenvalue weighted by Crippen LogP contribution is 2.44. The van der Waals surface area contributed by atoms with Gasteiger partial charge in [0.1, 0.15) is 17.4 Å². The molecule has 16 heavy (non-hydrogen) atoms. The van der Waals surface area contributed by atoms with E-state index >= 15 is 0 Å². The van der Waals surface area contributed by atoms with Gasteiger partial charge in [0.2, 0.25) is 0 Å². The normalized spacial score (nSPS) is 30.6. The van der Waals surface area contributed by atoms with Gasteiger partial charge in [-0.05, 0) is 24.0 Å². The fourth-order valence-corrected chi connectivity index (χ4v) is 2.57. The number of piperidine rings is 1. The van der Waals surface area contributed by atoms with Crippen molar-refractivity contribution in [3.63, 3.8) is 0 Å². The highest BCUT2D eigenvalue weighted by molar-refractivity contribution is 5.59. The number of halogens is 1. The van der Waals surface area contributed by atoms with Gasteiger partial charge in [-0.2, -0.15) is 5.26 Å². The van der Waals surface area contributed by atoms with Crippen LogP contribution in [0, 0.1) is 29.0 Å². The number of nitriles is 1. The van der Waals surface area contributed by atoms with Crippen LogP contribution in [0.2, 0.25) is 0 Å². The Balaban J connectivity index is 1.80. The molecule has 2 unspecified atom stereocenters. The molecule has 82 valence electrons. The highest BCUT2D eigenvalue weighted by atomic mass is 19.1. The number of benzene rings is 1. The predicted molar refractivity (Wildman–Crippen MR) is 58.4 cm³/mol. The highest BCUT2D eigenvalue weighted by Gasteiger charge is 2.53. The Morgan fingerprint density at radius 1 is 1.38 bits per heavy atom. The van der Waals surface area contributed by atoms with Crippen molar-refractivity contribution in [2.45, 2.75) is 6.04 Å². The van der Waals surface area contributed by atoms with Crippen molar-refractivity contribution < 1.29 is 4.39 Å². The first kappa shape index (κ1) is 9.61. The van der Waals surface area contributed by atoms with E-state index < -0.39 is 5.82 Å². The number of anilines is 1. The summed E-state index contributed by atoms with van der Waals surface area (Å²) in [6.07, 6.45) is 0. The molecule has 4 heteroatoms. The summed E-state index contributed by atoms with van der Waals surface area (Å²) in [7, 11) is 0. The molecular formula is C12H12FN3. The zero-order valence-electron chi connectivity index (χ0n) is 8.70. The van der Waals surface area contributed by atoms with E-state index in [-0.39, 0.29) is 5.56 Å². The maximum atomic E-state index is 13.3. The first-order valence-corrected chi connectivity index (χ1v) is 5.47. The number of hydrogen-bond acceptors (Lipinski definition) is 3. The molecular weight excluding hydrogens is 205 g/mol. The summed E-state index contributed by atoms with van der Waals surface area (Å²) in [5, 5.41) is 15.5. The SMILES string of the molecule is N#Cc1c(F)cccc1NC1C2CNCC21. The van der Waals surface area contributed by atoms with Crippen LogP contribution in [-0.4, -0.2) is 19.1 Å². The molecule has 3 nitrogen and oxygen atoms in total. The fraction of sp³-hybridized carbons (Fsp3) is 0.417. The first-order valence-electron chi connectivity index (χ1n) is 5.47. The predicted octanol–water partition coefficient (Wildman–Crippen LogP) is 1.33. The second kappa shape index (κ2) is 3.46. The van der Waals surface area contributed by atoms with Crippen LogP contribution in [0.1, 0.15) is 5.56 Å². The number of nitrogens with one attached hydrogen (secondary N) is 2. The van der Waals surface area contributed by atoms with Gasteiger partial charge in [-0.1, -0.05) is 6.07 Å². The minimum absolute atomic E-state index is 0.125. The summed E-state index contributed by atoms with van der Waals surface area (Å²) in [6, 6.07) is 7.04. The summed E-state index contributed by atoms with van der Waals surface area (Å²) < 4.78 is 13.3. The Kier molecular flexibility index (Phi) is 2.08. The van der Waals surface area contributed by atoms with Gasteiger partial charge in [-0.3, -0.25) is 0 Å². The Morgan fingerprint density at radius 3 is 2.81 bits per heavy atom. The lowest BCUT2D eigenvalue weighted by molar-refractivity contribution is 0.623. The van der Waals surface area contributed by atoms with Crippen molar-refractivity contribution in [1.82, 2.24) is 5.32 Å². The van der Waals surface area contributed by atoms with Gasteiger partial charge in [0, 0.05) is 19.1 Å². The largest absolute Gasteiger partial charge is 0.380 e. The van der Waals surface area contributed by atoms with Gasteiger partial charge >= 0.3 is 0 Å². The lowest BCUT2D eigenvalue weighted by Crippen LogP contribution is -2.21. The van der Waals surface area contributed by atoms with E-state index in [0.717, 1.165) is 13.1 Å². The van der Waals surface area contributed by atoms with Crippen molar-refractivity contribution in [3.8, 4) is 6.07 Å². The third-order valence-corrected chi connectivity index (χ3v) is 3.54. The van der Waals surface area contributed by atoms with Crippen molar-refractivity contribution >= 4 is 5.69 Å². The third kappa shape index (κ3) is 1.36. The summed E-state index contributed by atoms with van der Waals surface area (Å²) in [4.78, 5) is 0. The molecule has 0 radical (unpaired) electrons. The van der Waals surface area contributed by atoms with Crippen molar-refractivity contribution in [1.29, 1.82) is 5.26 Å². The van der Waals surface area contributed by atoms with Gasteiger partial charge in [-0.25, -0.2) is 4.39 Å². The molecule has 2 atom stereocenters. The van der Waals surface area contributed by atoms with E-state index in [1.807, 2.05) is 6.07 Å². The zero-order valence-corrected chi connectivity index (χ0v) is 8.70. The van der Waals surface area contributed by atoms with Crippen LogP contribution in [0.25, 0.3) is 0 Å². The molecule has 0 bridgehead atoms. The molecule has 0 amide bonds. The second-order valence-electron chi connectivity index (χ2n) is 4.43. The fourth-order valence-electron chi connectivity index (χ4n) is 2.57. The molecule has 3 rings (SSSR count). The van der Waals surface area contributed by atoms with Gasteiger partial charge in [0.15, 0.2) is 0 Å². The quantitative estimate of drug-likeness (QED) is 0.785. The van der Waals surface area contributed by atoms with E-state index in [2.05, 4.69) is 10.6 Å². The minimum atomic E-state index is -0.448. The number of nitrogens with zero attached hydrogens (tertiary/aromatic N) is 1. The van der Waals surface area contributed by atoms with E-state index in [1.165, 1.54) is 6.07 Å². The molecule has 2 N–H and O–H groups in total. The van der Waals surface area contributed by atoms with Crippen LogP contribution in [0.5, 0.6) is 0 Å². The van der Waals surface area contributed by atoms with E-state index in [4.69, 9.17) is 5.26 Å². The molecule has 1 aromatic carbocycles. The van der Waals surface area contributed by atoms with Gasteiger partial charge < -0.3 is 10.6 Å². The molecule has 1 aromatic rings. The molecule has 2 aliphatic rings. The molecule has 1 heterocycles. The Hall–Kier alpha value is -1.60. The zero-order chi connectivity index (χ0) is 11.1. The number of hydrogen-bond donors (Lipinski definition) is 2. The monoisotopic (exact) mass is 217 g/mol. The van der Waals surface area contributed by atoms with Crippen LogP contribution in [0.3, 0.4) is 0 Å². The standard InChI is InChI=1S/C12H12FN3/c13-10-2-1-3-11(7(10)4-14)16-12-8-5-15-6-9(8)12/h1-3,8-9,12,15-16H,5-6H2. The first-order chi connectivity index (χ1) is 7.81. The molecule has 2 fully saturated rings. The molecule has 1 saturated heterocycles. The van der Waals surface area contributed by atoms with E-state index in [9.17, 15) is 4.39 Å². The summed E-state index contributed by atoms with van der Waals surface area (Å²) in [5.41, 5.74) is 0.752. The summed E-state index contributed by atoms with van der Waals surface area (Å²) >= 11 is 0. The van der Waals surface area contributed by atoms with Gasteiger partial charge in [0.05, 0.1) is 5.69 Å². The number of rotatable bonds is 2. The van der Waals surface area contributed by atoms with E-state index in [0.29, 0.717) is 23.6 Å². The number of fused-ring (bicyclic) bond motifs is 1. The van der Waals surface area contributed by atoms with E-state index in [1.54, 1.807) is 12.1 Å². The Morgan fingerprint density at radius 2 is 2.12 bits per heavy atom. The Labute approximate surface area is 93.3 Å². The van der Waals surface area contributed by atoms with Crippen LogP contribution < -0.4 is 10.6 Å². The lowest BCUT2D eigenvalue weighted by atomic mass is 10.2. The average Bonchev–Trinajstić information content (AvgIpc) is 2.75. The maximum Gasteiger partial charge on any atom is 0.143 e. The van der Waals surface area contributed by atoms with Crippen LogP contribution >= 0.6 is 0 Å². The summed E-state index contributed by atoms with van der Waals surface area (Å²) in [5.74, 6) is 0.848. The van der Waals surface area contributed by atoms with Crippen LogP contribution in [0.15, 0.2) is 18.2 Å². The maximum absolute atomic E-state index is 13.3. The van der Waals surface area contributed by atoms with Gasteiger partial charge in [0.25, 0.3) is 0 Å².